The number of anilines is 1. The molecule has 1 aromatic carbocycles. The van der Waals surface area contributed by atoms with Crippen molar-refractivity contribution in [2.24, 2.45) is 0 Å². The summed E-state index contributed by atoms with van der Waals surface area (Å²) in [5.41, 5.74) is 0.549. The summed E-state index contributed by atoms with van der Waals surface area (Å²) < 4.78 is 23.8. The number of nitrogens with one attached hydrogen (secondary N) is 1. The van der Waals surface area contributed by atoms with Crippen LogP contribution in [0.15, 0.2) is 36.7 Å². The predicted molar refractivity (Wildman–Crippen MR) is 89.2 cm³/mol. The third-order valence-corrected chi connectivity index (χ3v) is 3.85. The molecule has 2 aromatic rings. The quantitative estimate of drug-likeness (QED) is 0.921. The molecule has 2 heterocycles. The van der Waals surface area contributed by atoms with Gasteiger partial charge in [-0.1, -0.05) is 0 Å². The highest BCUT2D eigenvalue weighted by atomic mass is 19.1. The van der Waals surface area contributed by atoms with E-state index < -0.39 is 0 Å². The number of carbonyl (C=O) groups excluding carboxylic acids is 1. The Kier molecular flexibility index (Phi) is 5.27. The van der Waals surface area contributed by atoms with Gasteiger partial charge in [-0.2, -0.15) is 4.98 Å². The lowest BCUT2D eigenvalue weighted by atomic mass is 10.1. The fraction of sp³-hybridized carbons (Fsp3) is 0.353. The summed E-state index contributed by atoms with van der Waals surface area (Å²) in [7, 11) is 1.51. The number of benzene rings is 1. The summed E-state index contributed by atoms with van der Waals surface area (Å²) in [5, 5.41) is 2.76. The second-order valence-electron chi connectivity index (χ2n) is 5.66. The molecule has 2 amide bonds. The average molecular weight is 346 g/mol. The van der Waals surface area contributed by atoms with Gasteiger partial charge in [0.25, 0.3) is 0 Å². The van der Waals surface area contributed by atoms with E-state index in [4.69, 9.17) is 9.47 Å². The van der Waals surface area contributed by atoms with Crippen molar-refractivity contribution in [1.29, 1.82) is 0 Å². The van der Waals surface area contributed by atoms with Crippen LogP contribution in [0, 0.1) is 5.82 Å². The summed E-state index contributed by atoms with van der Waals surface area (Å²) in [4.78, 5) is 22.2. The van der Waals surface area contributed by atoms with Crippen molar-refractivity contribution in [3.8, 4) is 11.8 Å². The fourth-order valence-electron chi connectivity index (χ4n) is 2.61. The van der Waals surface area contributed by atoms with E-state index in [0.29, 0.717) is 30.5 Å². The van der Waals surface area contributed by atoms with Gasteiger partial charge in [0.2, 0.25) is 11.8 Å². The van der Waals surface area contributed by atoms with Crippen molar-refractivity contribution in [2.45, 2.75) is 18.9 Å². The maximum Gasteiger partial charge on any atom is 0.321 e. The van der Waals surface area contributed by atoms with E-state index in [1.54, 1.807) is 4.90 Å². The van der Waals surface area contributed by atoms with Crippen molar-refractivity contribution in [2.75, 3.05) is 25.5 Å². The zero-order valence-electron chi connectivity index (χ0n) is 13.8. The summed E-state index contributed by atoms with van der Waals surface area (Å²) >= 11 is 0. The highest BCUT2D eigenvalue weighted by Crippen LogP contribution is 2.19. The van der Waals surface area contributed by atoms with Gasteiger partial charge in [0.05, 0.1) is 26.0 Å². The average Bonchev–Trinajstić information content (AvgIpc) is 2.64. The first-order valence-corrected chi connectivity index (χ1v) is 7.98. The van der Waals surface area contributed by atoms with E-state index in [0.717, 1.165) is 12.8 Å². The smallest absolute Gasteiger partial charge is 0.321 e. The number of piperidine rings is 1. The Balaban J connectivity index is 1.58. The summed E-state index contributed by atoms with van der Waals surface area (Å²) in [6.45, 7) is 1.07. The molecule has 0 radical (unpaired) electrons. The van der Waals surface area contributed by atoms with Crippen molar-refractivity contribution >= 4 is 11.7 Å². The van der Waals surface area contributed by atoms with Crippen LogP contribution in [-0.2, 0) is 0 Å². The van der Waals surface area contributed by atoms with E-state index in [-0.39, 0.29) is 18.0 Å². The van der Waals surface area contributed by atoms with Crippen LogP contribution in [0.4, 0.5) is 14.9 Å². The van der Waals surface area contributed by atoms with Crippen LogP contribution >= 0.6 is 0 Å². The molecule has 1 atom stereocenters. The zero-order valence-corrected chi connectivity index (χ0v) is 13.8. The Morgan fingerprint density at radius 2 is 2.04 bits per heavy atom. The number of carbonyl (C=O) groups is 1. The molecule has 8 heteroatoms. The monoisotopic (exact) mass is 346 g/mol. The SMILES string of the molecule is COc1cncc(OC2CCCN(C(=O)Nc3ccc(F)cc3)C2)n1. The number of rotatable bonds is 4. The van der Waals surface area contributed by atoms with Crippen LogP contribution in [0.5, 0.6) is 11.8 Å². The molecule has 0 bridgehead atoms. The Hall–Kier alpha value is -2.90. The standard InChI is InChI=1S/C17H19FN4O3/c1-24-15-9-19-10-16(21-15)25-14-3-2-8-22(11-14)17(23)20-13-6-4-12(18)5-7-13/h4-7,9-10,14H,2-3,8,11H2,1H3,(H,20,23). The minimum absolute atomic E-state index is 0.172. The lowest BCUT2D eigenvalue weighted by Gasteiger charge is -2.32. The molecule has 1 aliphatic heterocycles. The molecule has 7 nitrogen and oxygen atoms in total. The summed E-state index contributed by atoms with van der Waals surface area (Å²) in [6, 6.07) is 5.42. The topological polar surface area (TPSA) is 76.6 Å². The number of likely N-dealkylation sites (tertiary alicyclic amines) is 1. The Morgan fingerprint density at radius 3 is 2.80 bits per heavy atom. The van der Waals surface area contributed by atoms with Gasteiger partial charge in [0.15, 0.2) is 0 Å². The molecule has 1 fully saturated rings. The predicted octanol–water partition coefficient (Wildman–Crippen LogP) is 2.70. The lowest BCUT2D eigenvalue weighted by Crippen LogP contribution is -2.46. The van der Waals surface area contributed by atoms with Gasteiger partial charge in [-0.15, -0.1) is 0 Å². The summed E-state index contributed by atoms with van der Waals surface area (Å²) in [6.07, 6.45) is 4.48. The highest BCUT2D eigenvalue weighted by molar-refractivity contribution is 5.89. The first-order chi connectivity index (χ1) is 12.1. The number of urea groups is 1. The molecule has 0 saturated carbocycles. The number of hydrogen-bond donors (Lipinski definition) is 1. The molecule has 1 saturated heterocycles. The van der Waals surface area contributed by atoms with Gasteiger partial charge in [-0.3, -0.25) is 4.98 Å². The Bertz CT molecular complexity index is 726. The largest absolute Gasteiger partial charge is 0.480 e. The van der Waals surface area contributed by atoms with E-state index in [1.807, 2.05) is 0 Å². The number of aromatic nitrogens is 2. The second-order valence-corrected chi connectivity index (χ2v) is 5.66. The zero-order chi connectivity index (χ0) is 17.6. The van der Waals surface area contributed by atoms with E-state index in [2.05, 4.69) is 15.3 Å². The van der Waals surface area contributed by atoms with E-state index >= 15 is 0 Å². The highest BCUT2D eigenvalue weighted by Gasteiger charge is 2.25. The van der Waals surface area contributed by atoms with Crippen molar-refractivity contribution in [1.82, 2.24) is 14.9 Å². The number of halogens is 1. The van der Waals surface area contributed by atoms with Crippen LogP contribution < -0.4 is 14.8 Å². The number of ether oxygens (including phenoxy) is 2. The van der Waals surface area contributed by atoms with Gasteiger partial charge in [0.1, 0.15) is 11.9 Å². The van der Waals surface area contributed by atoms with Crippen molar-refractivity contribution < 1.29 is 18.7 Å². The van der Waals surface area contributed by atoms with Crippen LogP contribution in [0.2, 0.25) is 0 Å². The maximum atomic E-state index is 12.9. The Morgan fingerprint density at radius 1 is 1.28 bits per heavy atom. The van der Waals surface area contributed by atoms with Crippen LogP contribution in [0.25, 0.3) is 0 Å². The number of amides is 2. The molecular formula is C17H19FN4O3. The maximum absolute atomic E-state index is 12.9. The van der Waals surface area contributed by atoms with Crippen LogP contribution in [0.1, 0.15) is 12.8 Å². The Labute approximate surface area is 144 Å². The second kappa shape index (κ2) is 7.78. The van der Waals surface area contributed by atoms with E-state index in [9.17, 15) is 9.18 Å². The molecule has 0 aliphatic carbocycles. The molecule has 132 valence electrons. The first-order valence-electron chi connectivity index (χ1n) is 7.98. The van der Waals surface area contributed by atoms with Gasteiger partial charge in [0, 0.05) is 12.2 Å². The molecule has 25 heavy (non-hydrogen) atoms. The fourth-order valence-corrected chi connectivity index (χ4v) is 2.61. The summed E-state index contributed by atoms with van der Waals surface area (Å²) in [5.74, 6) is 0.396. The molecule has 0 spiro atoms. The lowest BCUT2D eigenvalue weighted by molar-refractivity contribution is 0.101. The van der Waals surface area contributed by atoms with Gasteiger partial charge < -0.3 is 19.7 Å². The molecular weight excluding hydrogens is 327 g/mol. The van der Waals surface area contributed by atoms with Crippen LogP contribution in [0.3, 0.4) is 0 Å². The third kappa shape index (κ3) is 4.56. The van der Waals surface area contributed by atoms with E-state index in [1.165, 1.54) is 43.8 Å². The minimum Gasteiger partial charge on any atom is -0.480 e. The van der Waals surface area contributed by atoms with Crippen molar-refractivity contribution in [3.05, 3.63) is 42.5 Å². The minimum atomic E-state index is -0.344. The van der Waals surface area contributed by atoms with Crippen molar-refractivity contribution in [3.63, 3.8) is 0 Å². The van der Waals surface area contributed by atoms with Gasteiger partial charge >= 0.3 is 6.03 Å². The first kappa shape index (κ1) is 16.9. The number of methoxy groups -OCH3 is 1. The molecule has 1 aromatic heterocycles. The van der Waals surface area contributed by atoms with Gasteiger partial charge in [-0.25, -0.2) is 9.18 Å². The number of hydrogen-bond acceptors (Lipinski definition) is 5. The number of nitrogens with zero attached hydrogens (tertiary/aromatic N) is 3. The van der Waals surface area contributed by atoms with Gasteiger partial charge in [-0.05, 0) is 37.1 Å². The third-order valence-electron chi connectivity index (χ3n) is 3.85. The normalized spacial score (nSPS) is 17.0. The molecule has 1 aliphatic rings. The van der Waals surface area contributed by atoms with Crippen LogP contribution in [-0.4, -0.2) is 47.2 Å². The molecule has 3 rings (SSSR count). The molecule has 1 unspecified atom stereocenters. The molecule has 1 N–H and O–H groups in total.